The third-order valence-electron chi connectivity index (χ3n) is 2.80. The van der Waals surface area contributed by atoms with Crippen molar-refractivity contribution >= 4 is 12.0 Å². The third kappa shape index (κ3) is 3.94. The first kappa shape index (κ1) is 14.3. The lowest BCUT2D eigenvalue weighted by Gasteiger charge is -2.13. The minimum atomic E-state index is -0.459. The van der Waals surface area contributed by atoms with Gasteiger partial charge in [-0.2, -0.15) is 5.26 Å². The standard InChI is InChI=1S/C15H13N5O/c1-11(12-5-3-2-4-6-12)19-15(21)13(8-16)7-14-9-17-10-18-20-14/h2-7,9-11H,1H3,(H,19,21). The van der Waals surface area contributed by atoms with Gasteiger partial charge < -0.3 is 5.32 Å². The highest BCUT2D eigenvalue weighted by Crippen LogP contribution is 2.12. The summed E-state index contributed by atoms with van der Waals surface area (Å²) in [5.74, 6) is -0.459. The minimum absolute atomic E-state index is 0.0416. The summed E-state index contributed by atoms with van der Waals surface area (Å²) in [6.07, 6.45) is 4.06. The SMILES string of the molecule is CC(NC(=O)C(C#N)=Cc1cncnn1)c1ccccc1. The van der Waals surface area contributed by atoms with E-state index in [4.69, 9.17) is 5.26 Å². The van der Waals surface area contributed by atoms with E-state index >= 15 is 0 Å². The second-order valence-corrected chi connectivity index (χ2v) is 4.31. The molecule has 0 bridgehead atoms. The number of carbonyl (C=O) groups is 1. The molecule has 104 valence electrons. The quantitative estimate of drug-likeness (QED) is 0.678. The molecule has 1 atom stereocenters. The van der Waals surface area contributed by atoms with Crippen LogP contribution in [0.5, 0.6) is 0 Å². The smallest absolute Gasteiger partial charge is 0.262 e. The molecular formula is C15H13N5O. The molecule has 0 saturated carbocycles. The van der Waals surface area contributed by atoms with Gasteiger partial charge >= 0.3 is 0 Å². The maximum atomic E-state index is 12.1. The van der Waals surface area contributed by atoms with Crippen molar-refractivity contribution in [3.05, 3.63) is 59.7 Å². The highest BCUT2D eigenvalue weighted by Gasteiger charge is 2.13. The summed E-state index contributed by atoms with van der Waals surface area (Å²) in [6.45, 7) is 1.85. The lowest BCUT2D eigenvalue weighted by Crippen LogP contribution is -2.27. The topological polar surface area (TPSA) is 91.6 Å². The number of carbonyl (C=O) groups excluding carboxylic acids is 1. The van der Waals surface area contributed by atoms with Gasteiger partial charge in [0.15, 0.2) is 0 Å². The molecule has 1 unspecified atom stereocenters. The van der Waals surface area contributed by atoms with Crippen LogP contribution >= 0.6 is 0 Å². The molecular weight excluding hydrogens is 266 g/mol. The lowest BCUT2D eigenvalue weighted by atomic mass is 10.1. The number of hydrogen-bond donors (Lipinski definition) is 1. The Morgan fingerprint density at radius 3 is 2.76 bits per heavy atom. The first-order chi connectivity index (χ1) is 10.2. The summed E-state index contributed by atoms with van der Waals surface area (Å²) in [6, 6.07) is 11.2. The molecule has 1 N–H and O–H groups in total. The van der Waals surface area contributed by atoms with E-state index < -0.39 is 5.91 Å². The number of rotatable bonds is 4. The van der Waals surface area contributed by atoms with Gasteiger partial charge in [-0.1, -0.05) is 30.3 Å². The van der Waals surface area contributed by atoms with Crippen molar-refractivity contribution < 1.29 is 4.79 Å². The predicted octanol–water partition coefficient (Wildman–Crippen LogP) is 1.66. The van der Waals surface area contributed by atoms with Gasteiger partial charge in [0, 0.05) is 0 Å². The fourth-order valence-electron chi connectivity index (χ4n) is 1.72. The summed E-state index contributed by atoms with van der Waals surface area (Å²) < 4.78 is 0. The Bertz CT molecular complexity index is 676. The molecule has 6 heteroatoms. The number of aromatic nitrogens is 3. The highest BCUT2D eigenvalue weighted by molar-refractivity contribution is 6.01. The van der Waals surface area contributed by atoms with Crippen molar-refractivity contribution in [1.29, 1.82) is 5.26 Å². The summed E-state index contributed by atoms with van der Waals surface area (Å²) in [4.78, 5) is 15.9. The van der Waals surface area contributed by atoms with Gasteiger partial charge in [-0.15, -0.1) is 10.2 Å². The number of hydrogen-bond acceptors (Lipinski definition) is 5. The van der Waals surface area contributed by atoms with Gasteiger partial charge in [-0.3, -0.25) is 4.79 Å². The molecule has 1 amide bonds. The Morgan fingerprint density at radius 1 is 1.38 bits per heavy atom. The van der Waals surface area contributed by atoms with E-state index in [2.05, 4.69) is 20.5 Å². The number of amides is 1. The maximum absolute atomic E-state index is 12.1. The molecule has 0 saturated heterocycles. The average Bonchev–Trinajstić information content (AvgIpc) is 2.54. The first-order valence-corrected chi connectivity index (χ1v) is 6.31. The molecule has 1 aromatic heterocycles. The number of nitrogens with zero attached hydrogens (tertiary/aromatic N) is 4. The Hall–Kier alpha value is -3.07. The highest BCUT2D eigenvalue weighted by atomic mass is 16.1. The zero-order valence-electron chi connectivity index (χ0n) is 11.4. The first-order valence-electron chi connectivity index (χ1n) is 6.31. The molecule has 0 aliphatic rings. The van der Waals surface area contributed by atoms with Crippen LogP contribution in [0.1, 0.15) is 24.2 Å². The molecule has 0 fully saturated rings. The molecule has 0 radical (unpaired) electrons. The Kier molecular flexibility index (Phi) is 4.72. The van der Waals surface area contributed by atoms with Crippen molar-refractivity contribution in [2.24, 2.45) is 0 Å². The molecule has 1 heterocycles. The lowest BCUT2D eigenvalue weighted by molar-refractivity contribution is -0.117. The molecule has 0 aliphatic carbocycles. The van der Waals surface area contributed by atoms with Crippen LogP contribution in [0.3, 0.4) is 0 Å². The van der Waals surface area contributed by atoms with Crippen LogP contribution < -0.4 is 5.32 Å². The van der Waals surface area contributed by atoms with Gasteiger partial charge in [0.1, 0.15) is 23.7 Å². The fraction of sp³-hybridized carbons (Fsp3) is 0.133. The van der Waals surface area contributed by atoms with Gasteiger partial charge in [0.25, 0.3) is 5.91 Å². The molecule has 0 aliphatic heterocycles. The predicted molar refractivity (Wildman–Crippen MR) is 76.4 cm³/mol. The summed E-state index contributed by atoms with van der Waals surface area (Å²) in [7, 11) is 0. The van der Waals surface area contributed by atoms with Crippen LogP contribution in [0.4, 0.5) is 0 Å². The van der Waals surface area contributed by atoms with E-state index in [9.17, 15) is 4.79 Å². The van der Waals surface area contributed by atoms with E-state index in [0.29, 0.717) is 5.69 Å². The average molecular weight is 279 g/mol. The van der Waals surface area contributed by atoms with Crippen LogP contribution in [0.2, 0.25) is 0 Å². The third-order valence-corrected chi connectivity index (χ3v) is 2.80. The van der Waals surface area contributed by atoms with Crippen LogP contribution in [0.15, 0.2) is 48.4 Å². The number of nitriles is 1. The van der Waals surface area contributed by atoms with Gasteiger partial charge in [0.2, 0.25) is 0 Å². The Morgan fingerprint density at radius 2 is 2.14 bits per heavy atom. The van der Waals surface area contributed by atoms with Crippen molar-refractivity contribution in [2.75, 3.05) is 0 Å². The fourth-order valence-corrected chi connectivity index (χ4v) is 1.72. The monoisotopic (exact) mass is 279 g/mol. The van der Waals surface area contributed by atoms with Crippen molar-refractivity contribution in [1.82, 2.24) is 20.5 Å². The normalized spacial score (nSPS) is 12.3. The van der Waals surface area contributed by atoms with Crippen LogP contribution in [-0.4, -0.2) is 21.1 Å². The molecule has 1 aromatic carbocycles. The molecule has 0 spiro atoms. The van der Waals surface area contributed by atoms with Gasteiger partial charge in [0.05, 0.1) is 12.2 Å². The molecule has 2 aromatic rings. The second kappa shape index (κ2) is 6.91. The Labute approximate surface area is 122 Å². The van der Waals surface area contributed by atoms with E-state index in [1.807, 2.05) is 43.3 Å². The van der Waals surface area contributed by atoms with E-state index in [1.54, 1.807) is 0 Å². The largest absolute Gasteiger partial charge is 0.345 e. The summed E-state index contributed by atoms with van der Waals surface area (Å²) >= 11 is 0. The van der Waals surface area contributed by atoms with E-state index in [0.717, 1.165) is 5.56 Å². The maximum Gasteiger partial charge on any atom is 0.262 e. The molecule has 6 nitrogen and oxygen atoms in total. The van der Waals surface area contributed by atoms with E-state index in [-0.39, 0.29) is 11.6 Å². The zero-order valence-corrected chi connectivity index (χ0v) is 11.4. The van der Waals surface area contributed by atoms with Gasteiger partial charge in [-0.05, 0) is 18.6 Å². The minimum Gasteiger partial charge on any atom is -0.345 e. The van der Waals surface area contributed by atoms with Crippen LogP contribution in [-0.2, 0) is 4.79 Å². The summed E-state index contributed by atoms with van der Waals surface area (Å²) in [5.41, 5.74) is 1.28. The van der Waals surface area contributed by atoms with Crippen molar-refractivity contribution in [3.63, 3.8) is 0 Å². The number of benzene rings is 1. The molecule has 2 rings (SSSR count). The van der Waals surface area contributed by atoms with Gasteiger partial charge in [-0.25, -0.2) is 4.98 Å². The second-order valence-electron chi connectivity index (χ2n) is 4.31. The van der Waals surface area contributed by atoms with Crippen molar-refractivity contribution in [3.8, 4) is 6.07 Å². The van der Waals surface area contributed by atoms with Crippen LogP contribution in [0.25, 0.3) is 6.08 Å². The van der Waals surface area contributed by atoms with Crippen molar-refractivity contribution in [2.45, 2.75) is 13.0 Å². The molecule has 21 heavy (non-hydrogen) atoms. The zero-order chi connectivity index (χ0) is 15.1. The summed E-state index contributed by atoms with van der Waals surface area (Å²) in [5, 5.41) is 19.2. The van der Waals surface area contributed by atoms with Crippen LogP contribution in [0, 0.1) is 11.3 Å². The Balaban J connectivity index is 2.11. The van der Waals surface area contributed by atoms with E-state index in [1.165, 1.54) is 18.6 Å². The number of nitrogens with one attached hydrogen (secondary N) is 1.